The largest absolute Gasteiger partial charge is 0.316 e. The summed E-state index contributed by atoms with van der Waals surface area (Å²) < 4.78 is 0. The molecule has 1 atom stereocenters. The van der Waals surface area contributed by atoms with E-state index < -0.39 is 0 Å². The zero-order valence-corrected chi connectivity index (χ0v) is 6.58. The van der Waals surface area contributed by atoms with Gasteiger partial charge in [-0.2, -0.15) is 0 Å². The first-order valence-corrected chi connectivity index (χ1v) is 4.32. The van der Waals surface area contributed by atoms with Gasteiger partial charge in [0, 0.05) is 5.33 Å². The van der Waals surface area contributed by atoms with Crippen LogP contribution in [0.25, 0.3) is 0 Å². The summed E-state index contributed by atoms with van der Waals surface area (Å²) in [5, 5.41) is 4.52. The zero-order chi connectivity index (χ0) is 5.82. The fourth-order valence-electron chi connectivity index (χ4n) is 1.06. The van der Waals surface area contributed by atoms with Crippen molar-refractivity contribution < 1.29 is 0 Å². The quantitative estimate of drug-likeness (QED) is 0.598. The summed E-state index contributed by atoms with van der Waals surface area (Å²) in [6, 6.07) is 0. The lowest BCUT2D eigenvalue weighted by Gasteiger charge is -2.19. The van der Waals surface area contributed by atoms with E-state index in [2.05, 4.69) is 21.2 Å². The Morgan fingerprint density at radius 2 is 2.50 bits per heavy atom. The van der Waals surface area contributed by atoms with Gasteiger partial charge in [-0.15, -0.1) is 0 Å². The first-order valence-electron chi connectivity index (χ1n) is 3.20. The molecule has 8 heavy (non-hydrogen) atoms. The first-order chi connectivity index (χ1) is 3.93. The predicted octanol–water partition coefficient (Wildman–Crippen LogP) is 1.38. The lowest BCUT2D eigenvalue weighted by molar-refractivity contribution is 0.412. The molecule has 1 N–H and O–H groups in total. The summed E-state index contributed by atoms with van der Waals surface area (Å²) >= 11 is 3.47. The van der Waals surface area contributed by atoms with Gasteiger partial charge in [0.25, 0.3) is 0 Å². The molecule has 0 aromatic rings. The fraction of sp³-hybridized carbons (Fsp3) is 1.00. The summed E-state index contributed by atoms with van der Waals surface area (Å²) in [4.78, 5) is 0. The average molecular weight is 178 g/mol. The third-order valence-electron chi connectivity index (χ3n) is 1.62. The highest BCUT2D eigenvalue weighted by atomic mass is 79.9. The van der Waals surface area contributed by atoms with E-state index in [1.54, 1.807) is 0 Å². The Labute approximate surface area is 59.0 Å². The van der Waals surface area contributed by atoms with Crippen molar-refractivity contribution >= 4 is 15.9 Å². The molecule has 1 heterocycles. The van der Waals surface area contributed by atoms with Crippen LogP contribution in [0.5, 0.6) is 0 Å². The van der Waals surface area contributed by atoms with E-state index in [4.69, 9.17) is 0 Å². The van der Waals surface area contributed by atoms with Crippen molar-refractivity contribution in [3.8, 4) is 0 Å². The van der Waals surface area contributed by atoms with Gasteiger partial charge in [0.2, 0.25) is 0 Å². The molecular weight excluding hydrogens is 166 g/mol. The van der Waals surface area contributed by atoms with Gasteiger partial charge in [0.1, 0.15) is 0 Å². The lowest BCUT2D eigenvalue weighted by atomic mass is 10.0. The summed E-state index contributed by atoms with van der Waals surface area (Å²) in [6.45, 7) is 2.44. The molecule has 1 nitrogen and oxygen atoms in total. The predicted molar refractivity (Wildman–Crippen MR) is 39.4 cm³/mol. The Balaban J connectivity index is 2.13. The number of alkyl halides is 1. The van der Waals surface area contributed by atoms with E-state index in [9.17, 15) is 0 Å². The van der Waals surface area contributed by atoms with E-state index in [1.165, 1.54) is 31.3 Å². The number of halogens is 1. The highest BCUT2D eigenvalue weighted by Crippen LogP contribution is 2.11. The minimum absolute atomic E-state index is 0.892. The van der Waals surface area contributed by atoms with Gasteiger partial charge < -0.3 is 5.32 Å². The standard InChI is InChI=1S/C6H12BrN/c7-4-6-2-1-3-8-5-6/h6,8H,1-5H2/t6-/m0/s1. The van der Waals surface area contributed by atoms with Gasteiger partial charge in [0.05, 0.1) is 0 Å². The van der Waals surface area contributed by atoms with Crippen LogP contribution in [0.15, 0.2) is 0 Å². The maximum atomic E-state index is 3.47. The smallest absolute Gasteiger partial charge is 0.00717 e. The Morgan fingerprint density at radius 1 is 1.62 bits per heavy atom. The molecule has 0 bridgehead atoms. The van der Waals surface area contributed by atoms with Crippen molar-refractivity contribution in [1.29, 1.82) is 0 Å². The molecule has 0 spiro atoms. The van der Waals surface area contributed by atoms with Crippen LogP contribution in [-0.4, -0.2) is 18.4 Å². The topological polar surface area (TPSA) is 12.0 Å². The molecule has 0 aromatic carbocycles. The fourth-order valence-corrected chi connectivity index (χ4v) is 1.61. The van der Waals surface area contributed by atoms with Crippen molar-refractivity contribution in [2.45, 2.75) is 12.8 Å². The SMILES string of the molecule is BrC[C@@H]1CCCNC1. The van der Waals surface area contributed by atoms with Gasteiger partial charge in [0.15, 0.2) is 0 Å². The van der Waals surface area contributed by atoms with Crippen LogP contribution in [0.1, 0.15) is 12.8 Å². The minimum atomic E-state index is 0.892. The summed E-state index contributed by atoms with van der Waals surface area (Å²) in [5.41, 5.74) is 0. The van der Waals surface area contributed by atoms with E-state index >= 15 is 0 Å². The second kappa shape index (κ2) is 3.46. The molecular formula is C6H12BrN. The summed E-state index contributed by atoms with van der Waals surface area (Å²) in [7, 11) is 0. The van der Waals surface area contributed by atoms with Crippen molar-refractivity contribution in [1.82, 2.24) is 5.32 Å². The van der Waals surface area contributed by atoms with Crippen LogP contribution < -0.4 is 5.32 Å². The van der Waals surface area contributed by atoms with Crippen LogP contribution in [0, 0.1) is 5.92 Å². The van der Waals surface area contributed by atoms with Crippen molar-refractivity contribution in [2.24, 2.45) is 5.92 Å². The van der Waals surface area contributed by atoms with Crippen LogP contribution in [-0.2, 0) is 0 Å². The highest BCUT2D eigenvalue weighted by molar-refractivity contribution is 9.09. The molecule has 2 heteroatoms. The van der Waals surface area contributed by atoms with E-state index in [-0.39, 0.29) is 0 Å². The van der Waals surface area contributed by atoms with E-state index in [1.807, 2.05) is 0 Å². The van der Waals surface area contributed by atoms with E-state index in [0.717, 1.165) is 5.92 Å². The Morgan fingerprint density at radius 3 is 2.88 bits per heavy atom. The van der Waals surface area contributed by atoms with Gasteiger partial charge in [-0.1, -0.05) is 15.9 Å². The second-order valence-electron chi connectivity index (χ2n) is 2.37. The third kappa shape index (κ3) is 1.75. The number of rotatable bonds is 1. The maximum absolute atomic E-state index is 3.47. The minimum Gasteiger partial charge on any atom is -0.316 e. The average Bonchev–Trinajstić information content (AvgIpc) is 1.90. The van der Waals surface area contributed by atoms with Crippen LogP contribution in [0.2, 0.25) is 0 Å². The van der Waals surface area contributed by atoms with E-state index in [0.29, 0.717) is 0 Å². The van der Waals surface area contributed by atoms with Crippen molar-refractivity contribution in [2.75, 3.05) is 18.4 Å². The normalized spacial score (nSPS) is 30.4. The molecule has 0 amide bonds. The molecule has 0 aliphatic carbocycles. The molecule has 1 fully saturated rings. The van der Waals surface area contributed by atoms with Gasteiger partial charge in [-0.05, 0) is 31.8 Å². The number of hydrogen-bond donors (Lipinski definition) is 1. The second-order valence-corrected chi connectivity index (χ2v) is 3.01. The molecule has 1 saturated heterocycles. The first kappa shape index (κ1) is 6.56. The molecule has 1 rings (SSSR count). The molecule has 0 saturated carbocycles. The van der Waals surface area contributed by atoms with Crippen LogP contribution in [0.3, 0.4) is 0 Å². The van der Waals surface area contributed by atoms with Crippen molar-refractivity contribution in [3.05, 3.63) is 0 Å². The third-order valence-corrected chi connectivity index (χ3v) is 2.53. The summed E-state index contributed by atoms with van der Waals surface area (Å²) in [5.74, 6) is 0.892. The monoisotopic (exact) mass is 177 g/mol. The molecule has 0 aromatic heterocycles. The number of piperidine rings is 1. The molecule has 0 unspecified atom stereocenters. The Bertz CT molecular complexity index is 59.5. The summed E-state index contributed by atoms with van der Waals surface area (Å²) in [6.07, 6.45) is 2.76. The number of hydrogen-bond acceptors (Lipinski definition) is 1. The number of nitrogens with one attached hydrogen (secondary N) is 1. The van der Waals surface area contributed by atoms with Crippen LogP contribution in [0.4, 0.5) is 0 Å². The molecule has 1 aliphatic rings. The Hall–Kier alpha value is 0.440. The molecule has 0 radical (unpaired) electrons. The molecule has 1 aliphatic heterocycles. The lowest BCUT2D eigenvalue weighted by Crippen LogP contribution is -2.30. The zero-order valence-electron chi connectivity index (χ0n) is 4.99. The van der Waals surface area contributed by atoms with Gasteiger partial charge >= 0.3 is 0 Å². The maximum Gasteiger partial charge on any atom is 0.00717 e. The van der Waals surface area contributed by atoms with Gasteiger partial charge in [-0.25, -0.2) is 0 Å². The van der Waals surface area contributed by atoms with Crippen LogP contribution >= 0.6 is 15.9 Å². The Kier molecular flexibility index (Phi) is 2.84. The van der Waals surface area contributed by atoms with Crippen molar-refractivity contribution in [3.63, 3.8) is 0 Å². The molecule has 48 valence electrons. The highest BCUT2D eigenvalue weighted by Gasteiger charge is 2.09. The van der Waals surface area contributed by atoms with Gasteiger partial charge in [-0.3, -0.25) is 0 Å².